The summed E-state index contributed by atoms with van der Waals surface area (Å²) in [6.07, 6.45) is 1.48. The Balaban J connectivity index is 1.83. The zero-order valence-electron chi connectivity index (χ0n) is 16.9. The predicted molar refractivity (Wildman–Crippen MR) is 135 cm³/mol. The maximum Gasteiger partial charge on any atom is 0.266 e. The minimum atomic E-state index is -0.559. The molecule has 3 aromatic rings. The van der Waals surface area contributed by atoms with Crippen molar-refractivity contribution in [1.82, 2.24) is 0 Å². The smallest absolute Gasteiger partial charge is 0.266 e. The van der Waals surface area contributed by atoms with Gasteiger partial charge in [-0.3, -0.25) is 4.79 Å². The number of anilines is 1. The number of amides is 1. The summed E-state index contributed by atoms with van der Waals surface area (Å²) >= 11 is 14.2. The predicted octanol–water partition coefficient (Wildman–Crippen LogP) is 6.73. The van der Waals surface area contributed by atoms with Gasteiger partial charge in [-0.05, 0) is 76.2 Å². The molecular formula is C24H17Cl2IN2O3. The SMILES string of the molecule is COc1cc(/C=C(\C#N)C(=O)Nc2ccccc2Cl)cc(I)c1OCc1cccc(Cl)c1. The second-order valence-electron chi connectivity index (χ2n) is 6.56. The van der Waals surface area contributed by atoms with Crippen LogP contribution in [0.5, 0.6) is 11.5 Å². The molecule has 0 spiro atoms. The van der Waals surface area contributed by atoms with E-state index in [4.69, 9.17) is 32.7 Å². The van der Waals surface area contributed by atoms with E-state index in [2.05, 4.69) is 27.9 Å². The Morgan fingerprint density at radius 2 is 1.94 bits per heavy atom. The number of nitriles is 1. The number of hydrogen-bond donors (Lipinski definition) is 1. The number of benzene rings is 3. The van der Waals surface area contributed by atoms with Gasteiger partial charge < -0.3 is 14.8 Å². The van der Waals surface area contributed by atoms with E-state index < -0.39 is 5.91 Å². The zero-order chi connectivity index (χ0) is 23.1. The largest absolute Gasteiger partial charge is 0.493 e. The van der Waals surface area contributed by atoms with Gasteiger partial charge >= 0.3 is 0 Å². The maximum absolute atomic E-state index is 12.6. The van der Waals surface area contributed by atoms with Crippen molar-refractivity contribution < 1.29 is 14.3 Å². The summed E-state index contributed by atoms with van der Waals surface area (Å²) in [7, 11) is 1.53. The van der Waals surface area contributed by atoms with Crippen molar-refractivity contribution >= 4 is 63.5 Å². The van der Waals surface area contributed by atoms with Gasteiger partial charge in [0.15, 0.2) is 11.5 Å². The number of halogens is 3. The Kier molecular flexibility index (Phi) is 8.39. The lowest BCUT2D eigenvalue weighted by molar-refractivity contribution is -0.112. The summed E-state index contributed by atoms with van der Waals surface area (Å²) in [4.78, 5) is 12.6. The van der Waals surface area contributed by atoms with Crippen LogP contribution in [-0.4, -0.2) is 13.0 Å². The van der Waals surface area contributed by atoms with Crippen molar-refractivity contribution in [3.8, 4) is 17.6 Å². The molecule has 3 aromatic carbocycles. The Hall–Kier alpha value is -2.73. The monoisotopic (exact) mass is 578 g/mol. The first-order valence-electron chi connectivity index (χ1n) is 9.33. The number of ether oxygens (including phenoxy) is 2. The highest BCUT2D eigenvalue weighted by atomic mass is 127. The van der Waals surface area contributed by atoms with E-state index >= 15 is 0 Å². The number of carbonyl (C=O) groups excluding carboxylic acids is 1. The molecule has 162 valence electrons. The summed E-state index contributed by atoms with van der Waals surface area (Å²) in [5.74, 6) is 0.481. The van der Waals surface area contributed by atoms with E-state index in [0.717, 1.165) is 9.13 Å². The second-order valence-corrected chi connectivity index (χ2v) is 8.56. The molecule has 0 aliphatic heterocycles. The van der Waals surface area contributed by atoms with Gasteiger partial charge in [-0.1, -0.05) is 47.5 Å². The van der Waals surface area contributed by atoms with Crippen LogP contribution in [0, 0.1) is 14.9 Å². The van der Waals surface area contributed by atoms with Crippen LogP contribution < -0.4 is 14.8 Å². The number of nitrogens with one attached hydrogen (secondary N) is 1. The standard InChI is InChI=1S/C24H17Cl2IN2O3/c1-31-22-12-16(9-17(13-28)24(30)29-21-8-3-2-7-19(21)26)11-20(27)23(22)32-14-15-5-4-6-18(25)10-15/h2-12H,14H2,1H3,(H,29,30)/b17-9+. The number of carbonyl (C=O) groups is 1. The summed E-state index contributed by atoms with van der Waals surface area (Å²) in [5, 5.41) is 13.2. The van der Waals surface area contributed by atoms with Crippen LogP contribution in [0.2, 0.25) is 10.0 Å². The van der Waals surface area contributed by atoms with Gasteiger partial charge in [0.05, 0.1) is 21.4 Å². The average molecular weight is 579 g/mol. The Morgan fingerprint density at radius 3 is 2.62 bits per heavy atom. The fourth-order valence-electron chi connectivity index (χ4n) is 2.81. The molecule has 8 heteroatoms. The average Bonchev–Trinajstić information content (AvgIpc) is 2.77. The van der Waals surface area contributed by atoms with Crippen LogP contribution in [0.4, 0.5) is 5.69 Å². The molecule has 0 unspecified atom stereocenters. The minimum Gasteiger partial charge on any atom is -0.493 e. The Labute approximate surface area is 209 Å². The van der Waals surface area contributed by atoms with Gasteiger partial charge in [-0.25, -0.2) is 0 Å². The fraction of sp³-hybridized carbons (Fsp3) is 0.0833. The Bertz CT molecular complexity index is 1220. The maximum atomic E-state index is 12.6. The lowest BCUT2D eigenvalue weighted by Crippen LogP contribution is -2.13. The second kappa shape index (κ2) is 11.2. The third kappa shape index (κ3) is 6.16. The first kappa shape index (κ1) is 23.9. The minimum absolute atomic E-state index is 0.0737. The fourth-order valence-corrected chi connectivity index (χ4v) is 3.99. The molecule has 1 N–H and O–H groups in total. The lowest BCUT2D eigenvalue weighted by atomic mass is 10.1. The molecular weight excluding hydrogens is 562 g/mol. The summed E-state index contributed by atoms with van der Waals surface area (Å²) in [6.45, 7) is 0.311. The third-order valence-corrected chi connectivity index (χ3v) is 5.69. The third-order valence-electron chi connectivity index (χ3n) is 4.32. The van der Waals surface area contributed by atoms with Crippen molar-refractivity contribution in [2.75, 3.05) is 12.4 Å². The molecule has 0 radical (unpaired) electrons. The van der Waals surface area contributed by atoms with Gasteiger partial charge in [0.1, 0.15) is 18.2 Å². The molecule has 0 atom stereocenters. The highest BCUT2D eigenvalue weighted by Crippen LogP contribution is 2.35. The molecule has 1 amide bonds. The topological polar surface area (TPSA) is 71.3 Å². The van der Waals surface area contributed by atoms with Crippen molar-refractivity contribution in [3.05, 3.63) is 91.0 Å². The first-order chi connectivity index (χ1) is 15.4. The molecule has 0 aliphatic carbocycles. The van der Waals surface area contributed by atoms with Crippen molar-refractivity contribution in [3.63, 3.8) is 0 Å². The molecule has 0 aliphatic rings. The van der Waals surface area contributed by atoms with E-state index in [1.807, 2.05) is 24.3 Å². The van der Waals surface area contributed by atoms with Gasteiger partial charge in [0.2, 0.25) is 0 Å². The van der Waals surface area contributed by atoms with Gasteiger partial charge in [0.25, 0.3) is 5.91 Å². The highest BCUT2D eigenvalue weighted by molar-refractivity contribution is 14.1. The van der Waals surface area contributed by atoms with E-state index in [1.165, 1.54) is 13.2 Å². The van der Waals surface area contributed by atoms with Crippen LogP contribution in [0.15, 0.2) is 66.2 Å². The first-order valence-corrected chi connectivity index (χ1v) is 11.2. The molecule has 0 saturated heterocycles. The van der Waals surface area contributed by atoms with Crippen molar-refractivity contribution in [2.24, 2.45) is 0 Å². The summed E-state index contributed by atoms with van der Waals surface area (Å²) < 4.78 is 12.2. The number of rotatable bonds is 7. The van der Waals surface area contributed by atoms with Crippen LogP contribution in [0.25, 0.3) is 6.08 Å². The Morgan fingerprint density at radius 1 is 1.16 bits per heavy atom. The molecule has 3 rings (SSSR count). The molecule has 0 saturated carbocycles. The van der Waals surface area contributed by atoms with Crippen LogP contribution in [0.3, 0.4) is 0 Å². The lowest BCUT2D eigenvalue weighted by Gasteiger charge is -2.14. The van der Waals surface area contributed by atoms with E-state index in [9.17, 15) is 10.1 Å². The van der Waals surface area contributed by atoms with E-state index in [0.29, 0.717) is 39.4 Å². The summed E-state index contributed by atoms with van der Waals surface area (Å²) in [5.41, 5.74) is 1.89. The zero-order valence-corrected chi connectivity index (χ0v) is 20.5. The quantitative estimate of drug-likeness (QED) is 0.192. The van der Waals surface area contributed by atoms with Gasteiger partial charge in [-0.2, -0.15) is 5.26 Å². The number of methoxy groups -OCH3 is 1. The van der Waals surface area contributed by atoms with Crippen molar-refractivity contribution in [1.29, 1.82) is 5.26 Å². The van der Waals surface area contributed by atoms with E-state index in [1.54, 1.807) is 42.5 Å². The number of para-hydroxylation sites is 1. The molecule has 0 bridgehead atoms. The van der Waals surface area contributed by atoms with Gasteiger partial charge in [-0.15, -0.1) is 0 Å². The summed E-state index contributed by atoms with van der Waals surface area (Å²) in [6, 6.07) is 19.6. The van der Waals surface area contributed by atoms with Gasteiger partial charge in [0, 0.05) is 5.02 Å². The molecule has 0 heterocycles. The van der Waals surface area contributed by atoms with Crippen LogP contribution in [0.1, 0.15) is 11.1 Å². The molecule has 32 heavy (non-hydrogen) atoms. The molecule has 0 aromatic heterocycles. The molecule has 0 fully saturated rings. The number of hydrogen-bond acceptors (Lipinski definition) is 4. The normalized spacial score (nSPS) is 10.9. The van der Waals surface area contributed by atoms with E-state index in [-0.39, 0.29) is 5.57 Å². The van der Waals surface area contributed by atoms with Crippen molar-refractivity contribution in [2.45, 2.75) is 6.61 Å². The molecule has 5 nitrogen and oxygen atoms in total. The van der Waals surface area contributed by atoms with Crippen LogP contribution >= 0.6 is 45.8 Å². The highest BCUT2D eigenvalue weighted by Gasteiger charge is 2.15. The number of nitrogens with zero attached hydrogens (tertiary/aromatic N) is 1. The van der Waals surface area contributed by atoms with Crippen LogP contribution in [-0.2, 0) is 11.4 Å².